The lowest BCUT2D eigenvalue weighted by molar-refractivity contribution is -0.114. The topological polar surface area (TPSA) is 75.3 Å². The van der Waals surface area contributed by atoms with Crippen LogP contribution in [0.2, 0.25) is 0 Å². The summed E-state index contributed by atoms with van der Waals surface area (Å²) < 4.78 is 27.8. The van der Waals surface area contributed by atoms with Gasteiger partial charge in [0.25, 0.3) is 0 Å². The molecule has 8 heteroatoms. The van der Waals surface area contributed by atoms with E-state index in [-0.39, 0.29) is 17.3 Å². The van der Waals surface area contributed by atoms with Gasteiger partial charge in [-0.05, 0) is 46.3 Å². The Hall–Kier alpha value is -1.22. The number of carbonyl (C=O) groups excluding carboxylic acids is 1. The molecule has 0 atom stereocenters. The van der Waals surface area contributed by atoms with Gasteiger partial charge >= 0.3 is 0 Å². The number of nitrogens with one attached hydrogen (secondary N) is 2. The van der Waals surface area contributed by atoms with Crippen LogP contribution in [0.5, 0.6) is 0 Å². The third kappa shape index (κ3) is 4.63. The zero-order valence-corrected chi connectivity index (χ0v) is 14.3. The summed E-state index contributed by atoms with van der Waals surface area (Å²) >= 11 is 4.80. The number of hydrogen-bond acceptors (Lipinski definition) is 4. The molecule has 112 valence electrons. The summed E-state index contributed by atoms with van der Waals surface area (Å²) in [7, 11) is -3.57. The van der Waals surface area contributed by atoms with E-state index in [9.17, 15) is 13.2 Å². The molecule has 5 nitrogen and oxygen atoms in total. The van der Waals surface area contributed by atoms with Gasteiger partial charge in [-0.3, -0.25) is 4.79 Å². The Morgan fingerprint density at radius 2 is 1.95 bits per heavy atom. The number of hydrogen-bond donors (Lipinski definition) is 2. The standard InChI is InChI=1S/C13H13BrN2O3S2/c1-9(17)16-11-2-4-13(5-3-11)21(18,19)15-7-12-6-10(14)8-20-12/h2-6,8,15H,7H2,1H3,(H,16,17). The van der Waals surface area contributed by atoms with Crippen molar-refractivity contribution in [2.45, 2.75) is 18.4 Å². The quantitative estimate of drug-likeness (QED) is 0.826. The monoisotopic (exact) mass is 388 g/mol. The molecular weight excluding hydrogens is 376 g/mol. The molecule has 0 aliphatic rings. The molecule has 0 aliphatic heterocycles. The molecular formula is C13H13BrN2O3S2. The molecule has 0 aliphatic carbocycles. The van der Waals surface area contributed by atoms with Gasteiger partial charge < -0.3 is 5.32 Å². The van der Waals surface area contributed by atoms with Gasteiger partial charge in [-0.25, -0.2) is 13.1 Å². The Labute approximate surface area is 135 Å². The zero-order valence-electron chi connectivity index (χ0n) is 11.1. The fraction of sp³-hybridized carbons (Fsp3) is 0.154. The van der Waals surface area contributed by atoms with Gasteiger partial charge in [-0.15, -0.1) is 11.3 Å². The molecule has 0 saturated carbocycles. The number of sulfonamides is 1. The number of rotatable bonds is 5. The van der Waals surface area contributed by atoms with E-state index in [4.69, 9.17) is 0 Å². The minimum absolute atomic E-state index is 0.159. The van der Waals surface area contributed by atoms with Crippen molar-refractivity contribution in [1.82, 2.24) is 4.72 Å². The zero-order chi connectivity index (χ0) is 15.5. The van der Waals surface area contributed by atoms with Crippen LogP contribution in [-0.4, -0.2) is 14.3 Å². The molecule has 21 heavy (non-hydrogen) atoms. The largest absolute Gasteiger partial charge is 0.326 e. The third-order valence-electron chi connectivity index (χ3n) is 2.54. The highest BCUT2D eigenvalue weighted by Gasteiger charge is 2.14. The first kappa shape index (κ1) is 16.2. The molecule has 2 N–H and O–H groups in total. The van der Waals surface area contributed by atoms with Crippen LogP contribution in [0, 0.1) is 0 Å². The Balaban J connectivity index is 2.06. The Bertz CT molecular complexity index is 739. The second-order valence-corrected chi connectivity index (χ2v) is 7.94. The van der Waals surface area contributed by atoms with Crippen LogP contribution in [0.4, 0.5) is 5.69 Å². The van der Waals surface area contributed by atoms with Crippen molar-refractivity contribution in [2.24, 2.45) is 0 Å². The van der Waals surface area contributed by atoms with Crippen molar-refractivity contribution in [3.05, 3.63) is 45.1 Å². The first-order valence-electron chi connectivity index (χ1n) is 5.97. The van der Waals surface area contributed by atoms with Crippen LogP contribution >= 0.6 is 27.3 Å². The highest BCUT2D eigenvalue weighted by molar-refractivity contribution is 9.10. The summed E-state index contributed by atoms with van der Waals surface area (Å²) in [6.45, 7) is 1.64. The molecule has 0 saturated heterocycles. The van der Waals surface area contributed by atoms with Gasteiger partial charge in [0.05, 0.1) is 4.90 Å². The van der Waals surface area contributed by atoms with Gasteiger partial charge in [-0.2, -0.15) is 0 Å². The normalized spacial score (nSPS) is 11.3. The molecule has 0 fully saturated rings. The smallest absolute Gasteiger partial charge is 0.240 e. The number of amides is 1. The van der Waals surface area contributed by atoms with Gasteiger partial charge in [-0.1, -0.05) is 0 Å². The summed E-state index contributed by atoms with van der Waals surface area (Å²) in [5.74, 6) is -0.202. The SMILES string of the molecule is CC(=O)Nc1ccc(S(=O)(=O)NCc2cc(Br)cs2)cc1. The molecule has 1 amide bonds. The average molecular weight is 389 g/mol. The Morgan fingerprint density at radius 1 is 1.29 bits per heavy atom. The summed E-state index contributed by atoms with van der Waals surface area (Å²) in [4.78, 5) is 12.0. The summed E-state index contributed by atoms with van der Waals surface area (Å²) in [5.41, 5.74) is 0.559. The molecule has 0 bridgehead atoms. The second kappa shape index (κ2) is 6.69. The summed E-state index contributed by atoms with van der Waals surface area (Å²) in [5, 5.41) is 4.48. The Kier molecular flexibility index (Phi) is 5.15. The van der Waals surface area contributed by atoms with Crippen LogP contribution in [0.1, 0.15) is 11.8 Å². The predicted octanol–water partition coefficient (Wildman–Crippen LogP) is 2.95. The number of halogens is 1. The van der Waals surface area contributed by atoms with E-state index in [0.29, 0.717) is 5.69 Å². The van der Waals surface area contributed by atoms with Crippen molar-refractivity contribution in [3.8, 4) is 0 Å². The number of benzene rings is 1. The second-order valence-electron chi connectivity index (χ2n) is 4.26. The van der Waals surface area contributed by atoms with E-state index in [1.54, 1.807) is 12.1 Å². The lowest BCUT2D eigenvalue weighted by Gasteiger charge is -2.07. The summed E-state index contributed by atoms with van der Waals surface area (Å²) in [6, 6.07) is 7.89. The van der Waals surface area contributed by atoms with E-state index < -0.39 is 10.0 Å². The van der Waals surface area contributed by atoms with Crippen molar-refractivity contribution >= 4 is 48.9 Å². The van der Waals surface area contributed by atoms with Crippen LogP contribution in [0.3, 0.4) is 0 Å². The highest BCUT2D eigenvalue weighted by Crippen LogP contribution is 2.20. The number of thiophene rings is 1. The molecule has 2 aromatic rings. The van der Waals surface area contributed by atoms with E-state index in [2.05, 4.69) is 26.0 Å². The van der Waals surface area contributed by atoms with E-state index in [1.165, 1.54) is 30.4 Å². The van der Waals surface area contributed by atoms with Crippen LogP contribution in [-0.2, 0) is 21.4 Å². The lowest BCUT2D eigenvalue weighted by Crippen LogP contribution is -2.22. The van der Waals surface area contributed by atoms with Crippen molar-refractivity contribution in [2.75, 3.05) is 5.32 Å². The molecule has 0 radical (unpaired) electrons. The third-order valence-corrected chi connectivity index (χ3v) is 5.66. The number of carbonyl (C=O) groups is 1. The fourth-order valence-corrected chi connectivity index (χ4v) is 4.11. The predicted molar refractivity (Wildman–Crippen MR) is 86.8 cm³/mol. The molecule has 1 heterocycles. The average Bonchev–Trinajstić information content (AvgIpc) is 2.82. The first-order chi connectivity index (χ1) is 9.87. The molecule has 1 aromatic carbocycles. The fourth-order valence-electron chi connectivity index (χ4n) is 1.62. The van der Waals surface area contributed by atoms with Crippen LogP contribution in [0.25, 0.3) is 0 Å². The molecule has 0 spiro atoms. The molecule has 2 rings (SSSR count). The Morgan fingerprint density at radius 3 is 2.48 bits per heavy atom. The van der Waals surface area contributed by atoms with E-state index in [0.717, 1.165) is 9.35 Å². The van der Waals surface area contributed by atoms with Crippen LogP contribution < -0.4 is 10.0 Å². The van der Waals surface area contributed by atoms with Gasteiger partial charge in [0, 0.05) is 33.9 Å². The van der Waals surface area contributed by atoms with Crippen LogP contribution in [0.15, 0.2) is 45.1 Å². The summed E-state index contributed by atoms with van der Waals surface area (Å²) in [6.07, 6.45) is 0. The van der Waals surface area contributed by atoms with Gasteiger partial charge in [0.2, 0.25) is 15.9 Å². The maximum Gasteiger partial charge on any atom is 0.240 e. The number of anilines is 1. The maximum absolute atomic E-state index is 12.1. The van der Waals surface area contributed by atoms with E-state index in [1.807, 2.05) is 11.4 Å². The van der Waals surface area contributed by atoms with Crippen molar-refractivity contribution in [1.29, 1.82) is 0 Å². The maximum atomic E-state index is 12.1. The lowest BCUT2D eigenvalue weighted by atomic mass is 10.3. The molecule has 0 unspecified atom stereocenters. The van der Waals surface area contributed by atoms with Gasteiger partial charge in [0.15, 0.2) is 0 Å². The van der Waals surface area contributed by atoms with E-state index >= 15 is 0 Å². The minimum Gasteiger partial charge on any atom is -0.326 e. The van der Waals surface area contributed by atoms with Gasteiger partial charge in [0.1, 0.15) is 0 Å². The first-order valence-corrected chi connectivity index (χ1v) is 9.12. The van der Waals surface area contributed by atoms with Crippen molar-refractivity contribution in [3.63, 3.8) is 0 Å². The highest BCUT2D eigenvalue weighted by atomic mass is 79.9. The molecule has 1 aromatic heterocycles. The minimum atomic E-state index is -3.57. The van der Waals surface area contributed by atoms with Crippen molar-refractivity contribution < 1.29 is 13.2 Å².